The van der Waals surface area contributed by atoms with Crippen LogP contribution in [0.25, 0.3) is 11.1 Å². The Labute approximate surface area is 160 Å². The Bertz CT molecular complexity index is 1030. The number of nitrogens with one attached hydrogen (secondary N) is 2. The molecule has 28 heavy (non-hydrogen) atoms. The average Bonchev–Trinajstić information content (AvgIpc) is 3.12. The van der Waals surface area contributed by atoms with Crippen LogP contribution < -0.4 is 15.4 Å². The molecule has 7 nitrogen and oxygen atoms in total. The summed E-state index contributed by atoms with van der Waals surface area (Å²) >= 11 is 0. The van der Waals surface area contributed by atoms with Crippen molar-refractivity contribution < 1.29 is 18.7 Å². The fourth-order valence-electron chi connectivity index (χ4n) is 3.11. The summed E-state index contributed by atoms with van der Waals surface area (Å²) in [5.74, 6) is 0.105. The van der Waals surface area contributed by atoms with E-state index in [2.05, 4.69) is 15.7 Å². The van der Waals surface area contributed by atoms with Gasteiger partial charge in [-0.2, -0.15) is 5.10 Å². The van der Waals surface area contributed by atoms with E-state index in [1.807, 2.05) is 24.3 Å². The first kappa shape index (κ1) is 17.7. The molecule has 2 aromatic carbocycles. The number of amides is 2. The Balaban J connectivity index is 1.63. The van der Waals surface area contributed by atoms with E-state index in [0.29, 0.717) is 22.8 Å². The number of anilines is 2. The summed E-state index contributed by atoms with van der Waals surface area (Å²) in [5.41, 5.74) is 1.98. The first-order valence-corrected chi connectivity index (χ1v) is 8.63. The summed E-state index contributed by atoms with van der Waals surface area (Å²) in [6.45, 7) is 0. The lowest BCUT2D eigenvalue weighted by Crippen LogP contribution is -2.35. The van der Waals surface area contributed by atoms with Crippen molar-refractivity contribution in [3.05, 3.63) is 60.5 Å². The lowest BCUT2D eigenvalue weighted by Gasteiger charge is -2.24. The highest BCUT2D eigenvalue weighted by molar-refractivity contribution is 6.03. The first-order valence-electron chi connectivity index (χ1n) is 8.63. The number of carbonyl (C=O) groups excluding carboxylic acids is 2. The number of aromatic nitrogens is 2. The molecule has 2 amide bonds. The molecule has 0 aliphatic carbocycles. The van der Waals surface area contributed by atoms with Gasteiger partial charge in [0.25, 0.3) is 0 Å². The lowest BCUT2D eigenvalue weighted by atomic mass is 10.1. The Morgan fingerprint density at radius 2 is 1.93 bits per heavy atom. The van der Waals surface area contributed by atoms with Gasteiger partial charge in [0.1, 0.15) is 23.4 Å². The Hall–Kier alpha value is -3.68. The third-order valence-corrected chi connectivity index (χ3v) is 4.54. The summed E-state index contributed by atoms with van der Waals surface area (Å²) in [5, 5.41) is 9.81. The van der Waals surface area contributed by atoms with Gasteiger partial charge in [0.2, 0.25) is 11.8 Å². The summed E-state index contributed by atoms with van der Waals surface area (Å²) in [6, 6.07) is 11.9. The molecule has 0 unspecified atom stereocenters. The van der Waals surface area contributed by atoms with Crippen molar-refractivity contribution in [2.24, 2.45) is 0 Å². The van der Waals surface area contributed by atoms with E-state index in [4.69, 9.17) is 4.74 Å². The van der Waals surface area contributed by atoms with Crippen LogP contribution in [0.4, 0.5) is 15.9 Å². The van der Waals surface area contributed by atoms with Crippen LogP contribution in [0.15, 0.2) is 54.7 Å². The van der Waals surface area contributed by atoms with E-state index in [9.17, 15) is 14.0 Å². The van der Waals surface area contributed by atoms with Crippen LogP contribution in [-0.4, -0.2) is 28.7 Å². The summed E-state index contributed by atoms with van der Waals surface area (Å²) in [7, 11) is 1.58. The van der Waals surface area contributed by atoms with Gasteiger partial charge in [-0.3, -0.25) is 9.59 Å². The van der Waals surface area contributed by atoms with E-state index in [-0.39, 0.29) is 12.3 Å². The molecular formula is C20H17FN4O3. The number of methoxy groups -OCH3 is 1. The quantitative estimate of drug-likeness (QED) is 0.728. The topological polar surface area (TPSA) is 85.2 Å². The minimum absolute atomic E-state index is 0.0379. The number of hydrogen-bond donors (Lipinski definition) is 2. The van der Waals surface area contributed by atoms with Crippen LogP contribution >= 0.6 is 0 Å². The highest BCUT2D eigenvalue weighted by Crippen LogP contribution is 2.35. The number of halogens is 1. The fourth-order valence-corrected chi connectivity index (χ4v) is 3.11. The standard InChI is InChI=1S/C20H17FN4O3/c1-28-15-8-2-12(3-9-15)16-11-22-25-17(10-18(26)24-19(16)25)20(27)23-14-6-4-13(21)5-7-14/h2-9,11,17H,10H2,1H3,(H,23,27)(H,24,26)/t17-/m0/s1. The van der Waals surface area contributed by atoms with E-state index < -0.39 is 17.8 Å². The van der Waals surface area contributed by atoms with Crippen molar-refractivity contribution >= 4 is 23.3 Å². The minimum atomic E-state index is -0.805. The zero-order valence-electron chi connectivity index (χ0n) is 15.0. The smallest absolute Gasteiger partial charge is 0.249 e. The third kappa shape index (κ3) is 3.32. The maximum absolute atomic E-state index is 13.1. The van der Waals surface area contributed by atoms with Gasteiger partial charge < -0.3 is 15.4 Å². The van der Waals surface area contributed by atoms with Crippen molar-refractivity contribution in [3.8, 4) is 16.9 Å². The molecule has 1 aliphatic rings. The number of nitrogens with zero attached hydrogens (tertiary/aromatic N) is 2. The van der Waals surface area contributed by atoms with Crippen molar-refractivity contribution in [3.63, 3.8) is 0 Å². The van der Waals surface area contributed by atoms with Crippen molar-refractivity contribution in [1.29, 1.82) is 0 Å². The molecular weight excluding hydrogens is 363 g/mol. The van der Waals surface area contributed by atoms with E-state index in [1.165, 1.54) is 28.9 Å². The van der Waals surface area contributed by atoms with E-state index >= 15 is 0 Å². The van der Waals surface area contributed by atoms with Gasteiger partial charge in [-0.25, -0.2) is 9.07 Å². The molecule has 142 valence electrons. The van der Waals surface area contributed by atoms with Gasteiger partial charge in [-0.05, 0) is 42.0 Å². The molecule has 3 aromatic rings. The second-order valence-corrected chi connectivity index (χ2v) is 6.34. The fraction of sp³-hybridized carbons (Fsp3) is 0.150. The van der Waals surface area contributed by atoms with Crippen LogP contribution in [0.3, 0.4) is 0 Å². The van der Waals surface area contributed by atoms with Crippen molar-refractivity contribution in [2.75, 3.05) is 17.7 Å². The first-order chi connectivity index (χ1) is 13.5. The molecule has 2 N–H and O–H groups in total. The van der Waals surface area contributed by atoms with Gasteiger partial charge in [-0.1, -0.05) is 12.1 Å². The molecule has 0 fully saturated rings. The molecule has 2 heterocycles. The Morgan fingerprint density at radius 3 is 2.61 bits per heavy atom. The summed E-state index contributed by atoms with van der Waals surface area (Å²) in [4.78, 5) is 24.9. The second-order valence-electron chi connectivity index (χ2n) is 6.34. The average molecular weight is 380 g/mol. The maximum atomic E-state index is 13.1. The normalized spacial score (nSPS) is 15.5. The third-order valence-electron chi connectivity index (χ3n) is 4.54. The molecule has 1 aliphatic heterocycles. The second kappa shape index (κ2) is 7.15. The zero-order valence-corrected chi connectivity index (χ0v) is 15.0. The Morgan fingerprint density at radius 1 is 1.21 bits per heavy atom. The summed E-state index contributed by atoms with van der Waals surface area (Å²) < 4.78 is 19.7. The molecule has 0 spiro atoms. The van der Waals surface area contributed by atoms with Gasteiger partial charge >= 0.3 is 0 Å². The number of rotatable bonds is 4. The van der Waals surface area contributed by atoms with Gasteiger partial charge in [0.05, 0.1) is 19.7 Å². The number of hydrogen-bond acceptors (Lipinski definition) is 4. The van der Waals surface area contributed by atoms with Gasteiger partial charge in [0.15, 0.2) is 0 Å². The van der Waals surface area contributed by atoms with Crippen LogP contribution in [-0.2, 0) is 9.59 Å². The monoisotopic (exact) mass is 380 g/mol. The van der Waals surface area contributed by atoms with Crippen LogP contribution in [0.5, 0.6) is 5.75 Å². The largest absolute Gasteiger partial charge is 0.497 e. The lowest BCUT2D eigenvalue weighted by molar-refractivity contribution is -0.125. The van der Waals surface area contributed by atoms with Gasteiger partial charge in [-0.15, -0.1) is 0 Å². The van der Waals surface area contributed by atoms with Crippen LogP contribution in [0, 0.1) is 5.82 Å². The molecule has 0 saturated carbocycles. The van der Waals surface area contributed by atoms with E-state index in [0.717, 1.165) is 5.56 Å². The molecule has 0 bridgehead atoms. The molecule has 8 heteroatoms. The number of benzene rings is 2. The molecule has 0 radical (unpaired) electrons. The van der Waals surface area contributed by atoms with Crippen LogP contribution in [0.1, 0.15) is 12.5 Å². The van der Waals surface area contributed by atoms with Crippen LogP contribution in [0.2, 0.25) is 0 Å². The molecule has 1 aromatic heterocycles. The summed E-state index contributed by atoms with van der Waals surface area (Å²) in [6.07, 6.45) is 1.57. The highest BCUT2D eigenvalue weighted by Gasteiger charge is 2.33. The van der Waals surface area contributed by atoms with Crippen molar-refractivity contribution in [2.45, 2.75) is 12.5 Å². The molecule has 4 rings (SSSR count). The minimum Gasteiger partial charge on any atom is -0.497 e. The highest BCUT2D eigenvalue weighted by atomic mass is 19.1. The predicted molar refractivity (Wildman–Crippen MR) is 102 cm³/mol. The Kier molecular flexibility index (Phi) is 4.52. The number of fused-ring (bicyclic) bond motifs is 1. The predicted octanol–water partition coefficient (Wildman–Crippen LogP) is 3.22. The van der Waals surface area contributed by atoms with Gasteiger partial charge in [0, 0.05) is 11.3 Å². The maximum Gasteiger partial charge on any atom is 0.249 e. The zero-order chi connectivity index (χ0) is 19.7. The SMILES string of the molecule is COc1ccc(-c2cnn3c2NC(=O)C[C@H]3C(=O)Nc2ccc(F)cc2)cc1. The van der Waals surface area contributed by atoms with Crippen molar-refractivity contribution in [1.82, 2.24) is 9.78 Å². The van der Waals surface area contributed by atoms with E-state index in [1.54, 1.807) is 13.3 Å². The number of ether oxygens (including phenoxy) is 1. The molecule has 1 atom stereocenters. The molecule has 0 saturated heterocycles. The number of carbonyl (C=O) groups is 2.